The highest BCUT2D eigenvalue weighted by molar-refractivity contribution is 6.00. The topological polar surface area (TPSA) is 113 Å². The molecule has 2 heterocycles. The molecule has 4 rings (SSSR count). The van der Waals surface area contributed by atoms with Crippen LogP contribution in [0.25, 0.3) is 10.9 Å². The van der Waals surface area contributed by atoms with E-state index in [0.717, 1.165) is 11.2 Å². The number of rotatable bonds is 3. The van der Waals surface area contributed by atoms with Crippen molar-refractivity contribution in [1.29, 1.82) is 0 Å². The maximum atomic E-state index is 13.6. The number of carbonyl (C=O) groups is 2. The van der Waals surface area contributed by atoms with E-state index in [-0.39, 0.29) is 11.7 Å². The lowest BCUT2D eigenvalue weighted by molar-refractivity contribution is -0.192. The van der Waals surface area contributed by atoms with E-state index in [0.29, 0.717) is 36.2 Å². The molecule has 12 heteroatoms. The fourth-order valence-electron chi connectivity index (χ4n) is 3.76. The van der Waals surface area contributed by atoms with Gasteiger partial charge in [-0.05, 0) is 42.3 Å². The average Bonchev–Trinajstić information content (AvgIpc) is 3.21. The lowest BCUT2D eigenvalue weighted by atomic mass is 9.90. The van der Waals surface area contributed by atoms with Crippen molar-refractivity contribution in [3.05, 3.63) is 65.7 Å². The number of halogens is 4. The zero-order valence-corrected chi connectivity index (χ0v) is 18.9. The number of fused-ring (bicyclic) bond motifs is 1. The summed E-state index contributed by atoms with van der Waals surface area (Å²) in [6.45, 7) is 0.872. The van der Waals surface area contributed by atoms with Crippen molar-refractivity contribution in [2.24, 2.45) is 5.73 Å². The second kappa shape index (κ2) is 9.82. The lowest BCUT2D eigenvalue weighted by Crippen LogP contribution is -2.41. The van der Waals surface area contributed by atoms with Crippen LogP contribution < -0.4 is 10.6 Å². The quantitative estimate of drug-likeness (QED) is 0.539. The number of aliphatic carboxylic acids is 1. The predicted molar refractivity (Wildman–Crippen MR) is 120 cm³/mol. The van der Waals surface area contributed by atoms with E-state index in [9.17, 15) is 22.4 Å². The van der Waals surface area contributed by atoms with E-state index in [1.165, 1.54) is 18.5 Å². The van der Waals surface area contributed by atoms with Crippen molar-refractivity contribution in [3.63, 3.8) is 0 Å². The van der Waals surface area contributed by atoms with Gasteiger partial charge >= 0.3 is 12.1 Å². The molecule has 0 saturated carbocycles. The van der Waals surface area contributed by atoms with Gasteiger partial charge in [0.1, 0.15) is 18.0 Å². The molecule has 1 aliphatic heterocycles. The Balaban J connectivity index is 0.000000429. The molecule has 3 aromatic rings. The van der Waals surface area contributed by atoms with Gasteiger partial charge in [-0.1, -0.05) is 12.1 Å². The van der Waals surface area contributed by atoms with Crippen molar-refractivity contribution < 1.29 is 32.3 Å². The molecule has 1 saturated heterocycles. The Morgan fingerprint density at radius 2 is 1.83 bits per heavy atom. The number of alkyl halides is 3. The predicted octanol–water partition coefficient (Wildman–Crippen LogP) is 3.17. The number of nitrogens with zero attached hydrogens (tertiary/aromatic N) is 4. The molecule has 1 aromatic heterocycles. The van der Waals surface area contributed by atoms with Crippen LogP contribution in [0.2, 0.25) is 0 Å². The average molecular weight is 493 g/mol. The van der Waals surface area contributed by atoms with Crippen LogP contribution in [0.1, 0.15) is 22.3 Å². The smallest absolute Gasteiger partial charge is 0.475 e. The van der Waals surface area contributed by atoms with Crippen LogP contribution in [0.5, 0.6) is 0 Å². The Kier molecular flexibility index (Phi) is 7.25. The van der Waals surface area contributed by atoms with Gasteiger partial charge in [0, 0.05) is 38.1 Å². The van der Waals surface area contributed by atoms with Crippen molar-refractivity contribution in [1.82, 2.24) is 14.9 Å². The summed E-state index contributed by atoms with van der Waals surface area (Å²) in [4.78, 5) is 34.2. The highest BCUT2D eigenvalue weighted by atomic mass is 19.4. The van der Waals surface area contributed by atoms with Gasteiger partial charge in [-0.15, -0.1) is 0 Å². The maximum absolute atomic E-state index is 13.6. The molecule has 1 amide bonds. The number of aromatic nitrogens is 2. The van der Waals surface area contributed by atoms with Crippen LogP contribution in [0.15, 0.2) is 48.8 Å². The molecule has 1 aliphatic rings. The standard InChI is InChI=1S/C21H22FN5O.C2HF3O2/c1-26(2)19-17-7-6-14(10-18(17)24-13-25-19)20(28)27-9-8-21(23,12-27)15-4-3-5-16(22)11-15;3-2(4,5)1(6)7/h3-7,10-11,13H,8-9,12,23H2,1-2H3;(H,6,7). The molecule has 0 spiro atoms. The summed E-state index contributed by atoms with van der Waals surface area (Å²) in [5, 5.41) is 8.01. The SMILES string of the molecule is CN(C)c1ncnc2cc(C(=O)N3CCC(N)(c4cccc(F)c4)C3)ccc12.O=C(O)C(F)(F)F. The highest BCUT2D eigenvalue weighted by Crippen LogP contribution is 2.31. The molecule has 0 radical (unpaired) electrons. The molecule has 186 valence electrons. The Morgan fingerprint density at radius 3 is 2.43 bits per heavy atom. The monoisotopic (exact) mass is 493 g/mol. The van der Waals surface area contributed by atoms with Gasteiger partial charge in [0.2, 0.25) is 0 Å². The van der Waals surface area contributed by atoms with Crippen molar-refractivity contribution in [2.45, 2.75) is 18.1 Å². The van der Waals surface area contributed by atoms with E-state index < -0.39 is 17.7 Å². The van der Waals surface area contributed by atoms with E-state index in [1.54, 1.807) is 23.1 Å². The number of carboxylic acids is 1. The second-order valence-corrected chi connectivity index (χ2v) is 8.27. The second-order valence-electron chi connectivity index (χ2n) is 8.27. The summed E-state index contributed by atoms with van der Waals surface area (Å²) < 4.78 is 45.3. The zero-order chi connectivity index (χ0) is 26.0. The summed E-state index contributed by atoms with van der Waals surface area (Å²) in [7, 11) is 3.83. The molecule has 0 bridgehead atoms. The zero-order valence-electron chi connectivity index (χ0n) is 18.9. The van der Waals surface area contributed by atoms with E-state index >= 15 is 0 Å². The minimum Gasteiger partial charge on any atom is -0.475 e. The first-order chi connectivity index (χ1) is 16.3. The number of benzene rings is 2. The van der Waals surface area contributed by atoms with Gasteiger partial charge in [0.05, 0.1) is 11.1 Å². The Hall–Kier alpha value is -3.80. The minimum atomic E-state index is -5.08. The van der Waals surface area contributed by atoms with Crippen LogP contribution in [0, 0.1) is 5.82 Å². The largest absolute Gasteiger partial charge is 0.490 e. The number of carbonyl (C=O) groups excluding carboxylic acids is 1. The van der Waals surface area contributed by atoms with Gasteiger partial charge in [-0.3, -0.25) is 4.79 Å². The van der Waals surface area contributed by atoms with Gasteiger partial charge in [-0.25, -0.2) is 19.2 Å². The summed E-state index contributed by atoms with van der Waals surface area (Å²) >= 11 is 0. The van der Waals surface area contributed by atoms with E-state index in [1.807, 2.05) is 31.1 Å². The first-order valence-corrected chi connectivity index (χ1v) is 10.4. The summed E-state index contributed by atoms with van der Waals surface area (Å²) in [5.74, 6) is -2.38. The third kappa shape index (κ3) is 5.83. The van der Waals surface area contributed by atoms with Gasteiger partial charge < -0.3 is 20.6 Å². The molecular formula is C23H23F4N5O3. The fraction of sp³-hybridized carbons (Fsp3) is 0.304. The molecule has 35 heavy (non-hydrogen) atoms. The molecule has 3 N–H and O–H groups in total. The number of carboxylic acid groups (broad SMARTS) is 1. The summed E-state index contributed by atoms with van der Waals surface area (Å²) in [6, 6.07) is 11.7. The van der Waals surface area contributed by atoms with Crippen LogP contribution in [-0.4, -0.2) is 65.2 Å². The highest BCUT2D eigenvalue weighted by Gasteiger charge is 2.39. The van der Waals surface area contributed by atoms with Gasteiger partial charge in [0.25, 0.3) is 5.91 Å². The van der Waals surface area contributed by atoms with Crippen LogP contribution in [-0.2, 0) is 10.3 Å². The normalized spacial score (nSPS) is 17.6. The van der Waals surface area contributed by atoms with Crippen molar-refractivity contribution in [2.75, 3.05) is 32.1 Å². The minimum absolute atomic E-state index is 0.101. The lowest BCUT2D eigenvalue weighted by Gasteiger charge is -2.25. The number of anilines is 1. The Labute approximate surface area is 198 Å². The van der Waals surface area contributed by atoms with E-state index in [2.05, 4.69) is 9.97 Å². The van der Waals surface area contributed by atoms with Crippen LogP contribution in [0.4, 0.5) is 23.4 Å². The summed E-state index contributed by atoms with van der Waals surface area (Å²) in [5.41, 5.74) is 7.75. The van der Waals surface area contributed by atoms with E-state index in [4.69, 9.17) is 15.6 Å². The fourth-order valence-corrected chi connectivity index (χ4v) is 3.76. The first kappa shape index (κ1) is 25.8. The number of hydrogen-bond acceptors (Lipinski definition) is 6. The molecular weight excluding hydrogens is 470 g/mol. The maximum Gasteiger partial charge on any atom is 0.490 e. The number of nitrogens with two attached hydrogens (primary N) is 1. The van der Waals surface area contributed by atoms with Crippen molar-refractivity contribution in [3.8, 4) is 0 Å². The molecule has 1 unspecified atom stereocenters. The first-order valence-electron chi connectivity index (χ1n) is 10.4. The Bertz CT molecular complexity index is 1250. The molecule has 1 atom stereocenters. The number of amides is 1. The van der Waals surface area contributed by atoms with Crippen LogP contribution >= 0.6 is 0 Å². The number of hydrogen-bond donors (Lipinski definition) is 2. The van der Waals surface area contributed by atoms with Crippen molar-refractivity contribution >= 4 is 28.6 Å². The summed E-state index contributed by atoms with van der Waals surface area (Å²) in [6.07, 6.45) is -3.00. The van der Waals surface area contributed by atoms with Gasteiger partial charge in [0.15, 0.2) is 0 Å². The van der Waals surface area contributed by atoms with Gasteiger partial charge in [-0.2, -0.15) is 13.2 Å². The number of likely N-dealkylation sites (tertiary alicyclic amines) is 1. The molecule has 2 aromatic carbocycles. The Morgan fingerprint density at radius 1 is 1.14 bits per heavy atom. The van der Waals surface area contributed by atoms with Crippen LogP contribution in [0.3, 0.4) is 0 Å². The molecule has 0 aliphatic carbocycles. The molecule has 1 fully saturated rings. The third-order valence-electron chi connectivity index (χ3n) is 5.52. The third-order valence-corrected chi connectivity index (χ3v) is 5.52. The molecule has 8 nitrogen and oxygen atoms in total.